The number of piperidine rings is 1. The zero-order valence-corrected chi connectivity index (χ0v) is 17.6. The third-order valence-electron chi connectivity index (χ3n) is 6.23. The number of aromatic amines is 1. The molecule has 2 aliphatic rings. The summed E-state index contributed by atoms with van der Waals surface area (Å²) in [5.41, 5.74) is 3.69. The van der Waals surface area contributed by atoms with Gasteiger partial charge in [0.2, 0.25) is 0 Å². The molecule has 1 saturated heterocycles. The van der Waals surface area contributed by atoms with E-state index in [0.29, 0.717) is 5.76 Å². The predicted octanol–water partition coefficient (Wildman–Crippen LogP) is 4.22. The van der Waals surface area contributed by atoms with Gasteiger partial charge in [-0.15, -0.1) is 0 Å². The second-order valence-electron chi connectivity index (χ2n) is 8.10. The number of carbonyl (C=O) groups excluding carboxylic acids is 1. The first-order valence-corrected chi connectivity index (χ1v) is 10.5. The number of benzene rings is 1. The fourth-order valence-corrected chi connectivity index (χ4v) is 4.80. The van der Waals surface area contributed by atoms with Gasteiger partial charge in [-0.3, -0.25) is 4.79 Å². The Morgan fingerprint density at radius 2 is 2.17 bits per heavy atom. The Kier molecular flexibility index (Phi) is 5.54. The van der Waals surface area contributed by atoms with Crippen molar-refractivity contribution in [3.8, 4) is 5.75 Å². The molecule has 6 heteroatoms. The number of ether oxygens (including phenoxy) is 3. The van der Waals surface area contributed by atoms with Crippen LogP contribution in [0.2, 0.25) is 0 Å². The lowest BCUT2D eigenvalue weighted by Gasteiger charge is -2.42. The van der Waals surface area contributed by atoms with Gasteiger partial charge in [0.05, 0.1) is 13.2 Å². The van der Waals surface area contributed by atoms with Crippen molar-refractivity contribution in [1.82, 2.24) is 10.3 Å². The number of allylic oxidation sites excluding steroid dienone is 1. The van der Waals surface area contributed by atoms with Gasteiger partial charge in [-0.25, -0.2) is 0 Å². The molecule has 29 heavy (non-hydrogen) atoms. The van der Waals surface area contributed by atoms with Gasteiger partial charge in [0, 0.05) is 54.0 Å². The second-order valence-corrected chi connectivity index (χ2v) is 8.10. The molecule has 3 heterocycles. The molecule has 156 valence electrons. The number of methoxy groups -OCH3 is 1. The highest BCUT2D eigenvalue weighted by molar-refractivity contribution is 5.86. The van der Waals surface area contributed by atoms with E-state index in [0.717, 1.165) is 37.1 Å². The average Bonchev–Trinajstić information content (AvgIpc) is 3.07. The van der Waals surface area contributed by atoms with Crippen LogP contribution in [0.1, 0.15) is 50.9 Å². The quantitative estimate of drug-likeness (QED) is 0.738. The summed E-state index contributed by atoms with van der Waals surface area (Å²) in [6, 6.07) is 6.39. The van der Waals surface area contributed by atoms with Crippen LogP contribution in [0, 0.1) is 11.8 Å². The minimum atomic E-state index is -0.299. The van der Waals surface area contributed by atoms with E-state index >= 15 is 0 Å². The molecule has 6 nitrogen and oxygen atoms in total. The van der Waals surface area contributed by atoms with Crippen LogP contribution in [0.25, 0.3) is 10.9 Å². The monoisotopic (exact) mass is 398 g/mol. The average molecular weight is 399 g/mol. The minimum absolute atomic E-state index is 0.0924. The van der Waals surface area contributed by atoms with E-state index in [2.05, 4.69) is 36.3 Å². The van der Waals surface area contributed by atoms with Gasteiger partial charge in [-0.05, 0) is 37.5 Å². The largest absolute Gasteiger partial charge is 0.497 e. The van der Waals surface area contributed by atoms with Crippen LogP contribution >= 0.6 is 0 Å². The molecule has 0 saturated carbocycles. The van der Waals surface area contributed by atoms with Gasteiger partial charge in [0.25, 0.3) is 0 Å². The fourth-order valence-electron chi connectivity index (χ4n) is 4.80. The number of hydrogen-bond donors (Lipinski definition) is 2. The second kappa shape index (κ2) is 8.11. The Morgan fingerprint density at radius 3 is 2.90 bits per heavy atom. The van der Waals surface area contributed by atoms with E-state index in [1.165, 1.54) is 23.6 Å². The first-order chi connectivity index (χ1) is 14.0. The molecular weight excluding hydrogens is 368 g/mol. The standard InChI is InChI=1S/C23H30N2O4/c1-5-6-17-16-8-7-15(27-4)9-20(16)25-23(17)21-10-18-19(11-24-21)13(2)28-12-22(18)29-14(3)26/h7-9,12-13,18-19,21,24-25H,5-6,10-11H2,1-4H3/t13-,18-,19-,21-/m1/s1. The van der Waals surface area contributed by atoms with Gasteiger partial charge in [-0.2, -0.15) is 0 Å². The number of nitrogens with one attached hydrogen (secondary N) is 2. The van der Waals surface area contributed by atoms with Crippen molar-refractivity contribution >= 4 is 16.9 Å². The van der Waals surface area contributed by atoms with Crippen LogP contribution < -0.4 is 10.1 Å². The summed E-state index contributed by atoms with van der Waals surface area (Å²) in [7, 11) is 1.69. The number of carbonyl (C=O) groups is 1. The molecule has 0 bridgehead atoms. The van der Waals surface area contributed by atoms with Crippen molar-refractivity contribution in [3.63, 3.8) is 0 Å². The zero-order valence-electron chi connectivity index (χ0n) is 17.6. The topological polar surface area (TPSA) is 72.6 Å². The predicted molar refractivity (Wildman–Crippen MR) is 112 cm³/mol. The normalized spacial score (nSPS) is 26.4. The summed E-state index contributed by atoms with van der Waals surface area (Å²) in [4.78, 5) is 15.2. The number of rotatable bonds is 5. The number of aryl methyl sites for hydroxylation is 1. The zero-order chi connectivity index (χ0) is 20.5. The van der Waals surface area contributed by atoms with E-state index < -0.39 is 0 Å². The summed E-state index contributed by atoms with van der Waals surface area (Å²) in [6.07, 6.45) is 4.68. The highest BCUT2D eigenvalue weighted by atomic mass is 16.6. The van der Waals surface area contributed by atoms with Crippen LogP contribution in [0.5, 0.6) is 5.75 Å². The Balaban J connectivity index is 1.69. The van der Waals surface area contributed by atoms with Crippen molar-refractivity contribution in [3.05, 3.63) is 41.5 Å². The molecule has 2 aromatic rings. The molecule has 2 N–H and O–H groups in total. The molecule has 1 fully saturated rings. The van der Waals surface area contributed by atoms with Crippen molar-refractivity contribution in [2.24, 2.45) is 11.8 Å². The first kappa shape index (κ1) is 19.8. The Labute approximate surface area is 171 Å². The van der Waals surface area contributed by atoms with Crippen LogP contribution in [0.4, 0.5) is 0 Å². The number of hydrogen-bond acceptors (Lipinski definition) is 5. The first-order valence-electron chi connectivity index (χ1n) is 10.5. The number of fused-ring (bicyclic) bond motifs is 2. The van der Waals surface area contributed by atoms with Gasteiger partial charge >= 0.3 is 5.97 Å². The lowest BCUT2D eigenvalue weighted by atomic mass is 9.77. The fraction of sp³-hybridized carbons (Fsp3) is 0.522. The van der Waals surface area contributed by atoms with Gasteiger partial charge < -0.3 is 24.5 Å². The Bertz CT molecular complexity index is 932. The Morgan fingerprint density at radius 1 is 1.34 bits per heavy atom. The molecule has 0 aliphatic carbocycles. The van der Waals surface area contributed by atoms with E-state index in [-0.39, 0.29) is 30.0 Å². The molecule has 1 aromatic heterocycles. The van der Waals surface area contributed by atoms with E-state index in [1.54, 1.807) is 13.4 Å². The highest BCUT2D eigenvalue weighted by Crippen LogP contribution is 2.42. The number of aromatic nitrogens is 1. The smallest absolute Gasteiger partial charge is 0.307 e. The molecule has 1 aromatic carbocycles. The third kappa shape index (κ3) is 3.73. The number of esters is 1. The van der Waals surface area contributed by atoms with E-state index in [1.807, 2.05) is 6.07 Å². The molecular formula is C23H30N2O4. The molecule has 0 amide bonds. The summed E-state index contributed by atoms with van der Waals surface area (Å²) >= 11 is 0. The van der Waals surface area contributed by atoms with Gasteiger partial charge in [0.1, 0.15) is 17.8 Å². The third-order valence-corrected chi connectivity index (χ3v) is 6.23. The maximum Gasteiger partial charge on any atom is 0.307 e. The lowest BCUT2D eigenvalue weighted by Crippen LogP contribution is -2.47. The molecule has 4 atom stereocenters. The molecule has 0 spiro atoms. The molecule has 0 unspecified atom stereocenters. The lowest BCUT2D eigenvalue weighted by molar-refractivity contribution is -0.140. The Hall–Kier alpha value is -2.47. The maximum absolute atomic E-state index is 11.6. The van der Waals surface area contributed by atoms with Crippen molar-refractivity contribution in [1.29, 1.82) is 0 Å². The van der Waals surface area contributed by atoms with Gasteiger partial charge in [0.15, 0.2) is 0 Å². The van der Waals surface area contributed by atoms with Crippen molar-refractivity contribution in [2.45, 2.75) is 52.2 Å². The van der Waals surface area contributed by atoms with Crippen molar-refractivity contribution in [2.75, 3.05) is 13.7 Å². The summed E-state index contributed by atoms with van der Waals surface area (Å²) in [6.45, 7) is 6.55. The molecule has 4 rings (SSSR count). The van der Waals surface area contributed by atoms with Crippen molar-refractivity contribution < 1.29 is 19.0 Å². The number of H-pyrrole nitrogens is 1. The SMILES string of the molecule is CCCc1c([C@H]2C[C@H]3C(OC(C)=O)=CO[C@H](C)[C@H]3CN2)[nH]c2cc(OC)ccc12. The molecule has 2 aliphatic heterocycles. The van der Waals surface area contributed by atoms with Crippen LogP contribution in [-0.2, 0) is 20.7 Å². The highest BCUT2D eigenvalue weighted by Gasteiger charge is 2.41. The molecule has 0 radical (unpaired) electrons. The van der Waals surface area contributed by atoms with Crippen LogP contribution in [-0.4, -0.2) is 30.7 Å². The summed E-state index contributed by atoms with van der Waals surface area (Å²) in [5.74, 6) is 1.65. The summed E-state index contributed by atoms with van der Waals surface area (Å²) < 4.78 is 16.6. The van der Waals surface area contributed by atoms with E-state index in [9.17, 15) is 4.79 Å². The van der Waals surface area contributed by atoms with E-state index in [4.69, 9.17) is 14.2 Å². The maximum atomic E-state index is 11.6. The summed E-state index contributed by atoms with van der Waals surface area (Å²) in [5, 5.41) is 4.97. The van der Waals surface area contributed by atoms with Crippen LogP contribution in [0.3, 0.4) is 0 Å². The van der Waals surface area contributed by atoms with Gasteiger partial charge in [-0.1, -0.05) is 13.3 Å². The minimum Gasteiger partial charge on any atom is -0.497 e. The van der Waals surface area contributed by atoms with Crippen LogP contribution in [0.15, 0.2) is 30.2 Å².